The first-order valence-corrected chi connectivity index (χ1v) is 10.8. The zero-order chi connectivity index (χ0) is 20.8. The molecule has 4 aromatic rings. The molecule has 30 heavy (non-hydrogen) atoms. The Morgan fingerprint density at radius 2 is 1.70 bits per heavy atom. The third-order valence-corrected chi connectivity index (χ3v) is 5.37. The number of hydrogen-bond donors (Lipinski definition) is 0. The van der Waals surface area contributed by atoms with E-state index in [0.29, 0.717) is 24.8 Å². The van der Waals surface area contributed by atoms with Gasteiger partial charge in [-0.25, -0.2) is 0 Å². The third-order valence-electron chi connectivity index (χ3n) is 4.37. The zero-order valence-corrected chi connectivity index (χ0v) is 17.8. The van der Waals surface area contributed by atoms with Gasteiger partial charge in [0, 0.05) is 11.4 Å². The van der Waals surface area contributed by atoms with Crippen LogP contribution in [0.1, 0.15) is 19.4 Å². The summed E-state index contributed by atoms with van der Waals surface area (Å²) >= 11 is 1.61. The lowest BCUT2D eigenvalue weighted by molar-refractivity contribution is 0.287. The fourth-order valence-electron chi connectivity index (χ4n) is 3.07. The van der Waals surface area contributed by atoms with E-state index >= 15 is 0 Å². The van der Waals surface area contributed by atoms with Gasteiger partial charge in [0.2, 0.25) is 5.82 Å². The molecule has 0 atom stereocenters. The number of rotatable bonds is 9. The molecule has 0 spiro atoms. The van der Waals surface area contributed by atoms with Gasteiger partial charge in [-0.2, -0.15) is 0 Å². The van der Waals surface area contributed by atoms with Crippen LogP contribution in [0.5, 0.6) is 11.5 Å². The minimum absolute atomic E-state index is 0.589. The Kier molecular flexibility index (Phi) is 6.39. The zero-order valence-electron chi connectivity index (χ0n) is 16.9. The molecule has 0 saturated heterocycles. The van der Waals surface area contributed by atoms with Crippen molar-refractivity contribution in [3.05, 3.63) is 72.5 Å². The van der Waals surface area contributed by atoms with Gasteiger partial charge in [-0.05, 0) is 55.8 Å². The summed E-state index contributed by atoms with van der Waals surface area (Å²) in [6, 6.07) is 19.8. The number of hydrogen-bond acceptors (Lipinski definition) is 6. The number of benzene rings is 2. The first-order valence-electron chi connectivity index (χ1n) is 9.86. The number of para-hydroxylation sites is 1. The van der Waals surface area contributed by atoms with Gasteiger partial charge in [0.15, 0.2) is 22.4 Å². The average Bonchev–Trinajstić information content (AvgIpc) is 3.44. The Morgan fingerprint density at radius 3 is 2.43 bits per heavy atom. The Hall–Kier alpha value is -3.19. The fourth-order valence-corrected chi connectivity index (χ4v) is 3.97. The topological polar surface area (TPSA) is 62.3 Å². The van der Waals surface area contributed by atoms with Crippen LogP contribution in [0.2, 0.25) is 0 Å². The molecule has 2 aromatic carbocycles. The molecule has 0 radical (unpaired) electrons. The second-order valence-corrected chi connectivity index (χ2v) is 7.33. The maximum Gasteiger partial charge on any atom is 0.205 e. The van der Waals surface area contributed by atoms with Gasteiger partial charge < -0.3 is 13.9 Å². The number of furan rings is 1. The van der Waals surface area contributed by atoms with Crippen LogP contribution in [-0.2, 0) is 5.75 Å². The first kappa shape index (κ1) is 20.1. The summed E-state index contributed by atoms with van der Waals surface area (Å²) in [4.78, 5) is 0. The molecule has 0 fully saturated rings. The van der Waals surface area contributed by atoms with Gasteiger partial charge in [0.05, 0.1) is 19.5 Å². The monoisotopic (exact) mass is 421 g/mol. The van der Waals surface area contributed by atoms with Crippen LogP contribution >= 0.6 is 11.8 Å². The van der Waals surface area contributed by atoms with Gasteiger partial charge in [-0.1, -0.05) is 36.0 Å². The molecule has 154 valence electrons. The van der Waals surface area contributed by atoms with Crippen molar-refractivity contribution >= 4 is 11.8 Å². The van der Waals surface area contributed by atoms with Crippen LogP contribution in [0.25, 0.3) is 17.3 Å². The Balaban J connectivity index is 1.62. The highest BCUT2D eigenvalue weighted by Gasteiger charge is 2.18. The van der Waals surface area contributed by atoms with E-state index in [0.717, 1.165) is 33.7 Å². The smallest absolute Gasteiger partial charge is 0.205 e. The first-order chi connectivity index (χ1) is 14.8. The highest BCUT2D eigenvalue weighted by atomic mass is 32.2. The fraction of sp³-hybridized carbons (Fsp3) is 0.217. The van der Waals surface area contributed by atoms with Crippen molar-refractivity contribution in [2.24, 2.45) is 0 Å². The molecule has 0 aliphatic rings. The standard InChI is InChI=1S/C23H23N3O3S/c1-3-27-19-13-12-17(15-21(19)28-4-2)16-30-23-25-24-22(20-11-8-14-29-20)26(23)18-9-6-5-7-10-18/h5-15H,3-4,16H2,1-2H3. The van der Waals surface area contributed by atoms with Crippen LogP contribution in [0, 0.1) is 0 Å². The van der Waals surface area contributed by atoms with E-state index in [1.54, 1.807) is 18.0 Å². The molecule has 0 saturated carbocycles. The van der Waals surface area contributed by atoms with Crippen LogP contribution in [-0.4, -0.2) is 28.0 Å². The summed E-state index contributed by atoms with van der Waals surface area (Å²) in [5.41, 5.74) is 2.10. The summed E-state index contributed by atoms with van der Waals surface area (Å²) in [5, 5.41) is 9.61. The SMILES string of the molecule is CCOc1ccc(CSc2nnc(-c3ccco3)n2-c2ccccc2)cc1OCC. The predicted molar refractivity (Wildman–Crippen MR) is 117 cm³/mol. The van der Waals surface area contributed by atoms with E-state index in [1.807, 2.05) is 73.0 Å². The van der Waals surface area contributed by atoms with Crippen molar-refractivity contribution in [3.8, 4) is 28.8 Å². The molecule has 7 heteroatoms. The number of ether oxygens (including phenoxy) is 2. The molecule has 0 aliphatic carbocycles. The highest BCUT2D eigenvalue weighted by molar-refractivity contribution is 7.98. The lowest BCUT2D eigenvalue weighted by atomic mass is 10.2. The van der Waals surface area contributed by atoms with Crippen molar-refractivity contribution in [1.29, 1.82) is 0 Å². The minimum atomic E-state index is 0.589. The van der Waals surface area contributed by atoms with Gasteiger partial charge in [-0.15, -0.1) is 10.2 Å². The van der Waals surface area contributed by atoms with Crippen molar-refractivity contribution in [1.82, 2.24) is 14.8 Å². The van der Waals surface area contributed by atoms with Crippen LogP contribution in [0.3, 0.4) is 0 Å². The van der Waals surface area contributed by atoms with Crippen LogP contribution in [0.4, 0.5) is 0 Å². The second-order valence-electron chi connectivity index (χ2n) is 6.39. The van der Waals surface area contributed by atoms with E-state index in [-0.39, 0.29) is 0 Å². The van der Waals surface area contributed by atoms with Gasteiger partial charge in [0.25, 0.3) is 0 Å². The number of aromatic nitrogens is 3. The predicted octanol–water partition coefficient (Wildman–Crippen LogP) is 5.62. The number of nitrogens with zero attached hydrogens (tertiary/aromatic N) is 3. The largest absolute Gasteiger partial charge is 0.490 e. The lowest BCUT2D eigenvalue weighted by Gasteiger charge is -2.12. The molecule has 2 heterocycles. The van der Waals surface area contributed by atoms with E-state index < -0.39 is 0 Å². The van der Waals surface area contributed by atoms with E-state index in [9.17, 15) is 0 Å². The highest BCUT2D eigenvalue weighted by Crippen LogP contribution is 2.33. The molecule has 0 bridgehead atoms. The molecular formula is C23H23N3O3S. The second kappa shape index (κ2) is 9.54. The summed E-state index contributed by atoms with van der Waals surface area (Å²) in [5.74, 6) is 3.60. The Bertz CT molecular complexity index is 1080. The maximum atomic E-state index is 5.75. The molecule has 4 rings (SSSR count). The maximum absolute atomic E-state index is 5.75. The van der Waals surface area contributed by atoms with Crippen molar-refractivity contribution in [2.75, 3.05) is 13.2 Å². The number of thioether (sulfide) groups is 1. The van der Waals surface area contributed by atoms with Crippen molar-refractivity contribution < 1.29 is 13.9 Å². The third kappa shape index (κ3) is 4.36. The summed E-state index contributed by atoms with van der Waals surface area (Å²) < 4.78 is 19.0. The van der Waals surface area contributed by atoms with Crippen LogP contribution in [0.15, 0.2) is 76.5 Å². The average molecular weight is 422 g/mol. The molecule has 0 aliphatic heterocycles. The van der Waals surface area contributed by atoms with E-state index in [2.05, 4.69) is 16.3 Å². The van der Waals surface area contributed by atoms with E-state index in [1.165, 1.54) is 0 Å². The van der Waals surface area contributed by atoms with E-state index in [4.69, 9.17) is 13.9 Å². The molecule has 6 nitrogen and oxygen atoms in total. The summed E-state index contributed by atoms with van der Waals surface area (Å²) in [6.07, 6.45) is 1.64. The Labute approximate surface area is 179 Å². The van der Waals surface area contributed by atoms with Gasteiger partial charge in [-0.3, -0.25) is 4.57 Å². The normalized spacial score (nSPS) is 10.9. The quantitative estimate of drug-likeness (QED) is 0.327. The lowest BCUT2D eigenvalue weighted by Crippen LogP contribution is -2.00. The Morgan fingerprint density at radius 1 is 0.900 bits per heavy atom. The molecule has 2 aromatic heterocycles. The molecule has 0 unspecified atom stereocenters. The van der Waals surface area contributed by atoms with Gasteiger partial charge in [0.1, 0.15) is 0 Å². The molecular weight excluding hydrogens is 398 g/mol. The van der Waals surface area contributed by atoms with Crippen molar-refractivity contribution in [2.45, 2.75) is 24.8 Å². The summed E-state index contributed by atoms with van der Waals surface area (Å²) in [6.45, 7) is 5.12. The van der Waals surface area contributed by atoms with Gasteiger partial charge >= 0.3 is 0 Å². The van der Waals surface area contributed by atoms with Crippen molar-refractivity contribution in [3.63, 3.8) is 0 Å². The minimum Gasteiger partial charge on any atom is -0.490 e. The molecule has 0 N–H and O–H groups in total. The summed E-state index contributed by atoms with van der Waals surface area (Å²) in [7, 11) is 0. The van der Waals surface area contributed by atoms with Crippen LogP contribution < -0.4 is 9.47 Å². The molecule has 0 amide bonds.